The van der Waals surface area contributed by atoms with Crippen molar-refractivity contribution in [2.45, 2.75) is 12.8 Å². The van der Waals surface area contributed by atoms with Crippen LogP contribution in [0.2, 0.25) is 0 Å². The smallest absolute Gasteiger partial charge is 0.188 e. The lowest BCUT2D eigenvalue weighted by atomic mass is 10.1. The molecule has 1 saturated heterocycles. The number of aliphatic imine (C=N–C) groups is 1. The fourth-order valence-corrected chi connectivity index (χ4v) is 2.75. The van der Waals surface area contributed by atoms with Crippen molar-refractivity contribution in [1.82, 2.24) is 10.2 Å². The summed E-state index contributed by atoms with van der Waals surface area (Å²) in [6, 6.07) is 5.92. The van der Waals surface area contributed by atoms with Crippen molar-refractivity contribution >= 4 is 29.9 Å². The Balaban J connectivity index is 0.00000338. The van der Waals surface area contributed by atoms with E-state index in [1.54, 1.807) is 14.2 Å². The zero-order chi connectivity index (χ0) is 17.9. The summed E-state index contributed by atoms with van der Waals surface area (Å²) < 4.78 is 15.9. The van der Waals surface area contributed by atoms with Crippen LogP contribution in [0.25, 0.3) is 0 Å². The molecule has 1 aromatic rings. The van der Waals surface area contributed by atoms with Gasteiger partial charge in [0.25, 0.3) is 0 Å². The van der Waals surface area contributed by atoms with E-state index in [9.17, 15) is 0 Å². The molecule has 0 bridgehead atoms. The second-order valence-corrected chi connectivity index (χ2v) is 5.94. The van der Waals surface area contributed by atoms with Crippen molar-refractivity contribution in [2.24, 2.45) is 10.7 Å². The average Bonchev–Trinajstić information content (AvgIpc) is 2.66. The molecule has 1 fully saturated rings. The fraction of sp³-hybridized carbons (Fsp3) is 0.611. The number of morpholine rings is 1. The van der Waals surface area contributed by atoms with Crippen molar-refractivity contribution in [3.63, 3.8) is 0 Å². The van der Waals surface area contributed by atoms with Gasteiger partial charge in [-0.2, -0.15) is 0 Å². The van der Waals surface area contributed by atoms with Crippen molar-refractivity contribution in [2.75, 3.05) is 60.2 Å². The number of methoxy groups -OCH3 is 2. The highest BCUT2D eigenvalue weighted by molar-refractivity contribution is 14.0. The molecule has 8 heteroatoms. The van der Waals surface area contributed by atoms with Crippen LogP contribution in [0, 0.1) is 0 Å². The first kappa shape index (κ1) is 22.8. The Kier molecular flexibility index (Phi) is 11.4. The molecule has 1 heterocycles. The predicted molar refractivity (Wildman–Crippen MR) is 115 cm³/mol. The van der Waals surface area contributed by atoms with Gasteiger partial charge in [0.1, 0.15) is 0 Å². The minimum absolute atomic E-state index is 0. The van der Waals surface area contributed by atoms with Gasteiger partial charge in [0, 0.05) is 32.7 Å². The number of ether oxygens (including phenoxy) is 3. The zero-order valence-corrected chi connectivity index (χ0v) is 18.0. The molecule has 0 spiro atoms. The molecule has 0 aliphatic carbocycles. The molecule has 0 unspecified atom stereocenters. The first-order valence-corrected chi connectivity index (χ1v) is 8.77. The predicted octanol–water partition coefficient (Wildman–Crippen LogP) is 1.49. The van der Waals surface area contributed by atoms with Gasteiger partial charge in [-0.25, -0.2) is 0 Å². The van der Waals surface area contributed by atoms with E-state index >= 15 is 0 Å². The Hall–Kier alpha value is -1.26. The van der Waals surface area contributed by atoms with Crippen LogP contribution in [0.3, 0.4) is 0 Å². The number of nitrogens with two attached hydrogens (primary N) is 1. The fourth-order valence-electron chi connectivity index (χ4n) is 2.75. The topological polar surface area (TPSA) is 81.3 Å². The summed E-state index contributed by atoms with van der Waals surface area (Å²) in [5.74, 6) is 1.98. The van der Waals surface area contributed by atoms with Crippen molar-refractivity contribution < 1.29 is 14.2 Å². The molecule has 0 aromatic heterocycles. The number of benzene rings is 1. The van der Waals surface area contributed by atoms with Gasteiger partial charge in [0.2, 0.25) is 0 Å². The number of hydrogen-bond donors (Lipinski definition) is 2. The summed E-state index contributed by atoms with van der Waals surface area (Å²) in [6.45, 7) is 6.23. The lowest BCUT2D eigenvalue weighted by molar-refractivity contribution is 0.0377. The normalized spacial score (nSPS) is 15.2. The third-order valence-corrected chi connectivity index (χ3v) is 4.19. The van der Waals surface area contributed by atoms with E-state index in [4.69, 9.17) is 19.9 Å². The van der Waals surface area contributed by atoms with E-state index in [-0.39, 0.29) is 24.0 Å². The van der Waals surface area contributed by atoms with E-state index < -0.39 is 0 Å². The number of hydrogen-bond acceptors (Lipinski definition) is 5. The third kappa shape index (κ3) is 7.96. The van der Waals surface area contributed by atoms with Crippen LogP contribution in [-0.2, 0) is 11.2 Å². The molecule has 148 valence electrons. The van der Waals surface area contributed by atoms with E-state index in [1.807, 2.05) is 18.2 Å². The zero-order valence-electron chi connectivity index (χ0n) is 15.7. The maximum absolute atomic E-state index is 5.92. The molecule has 0 amide bonds. The first-order valence-electron chi connectivity index (χ1n) is 8.77. The second kappa shape index (κ2) is 13.0. The molecule has 0 atom stereocenters. The Morgan fingerprint density at radius 1 is 1.23 bits per heavy atom. The number of halogens is 1. The highest BCUT2D eigenvalue weighted by atomic mass is 127. The monoisotopic (exact) mass is 478 g/mol. The highest BCUT2D eigenvalue weighted by Crippen LogP contribution is 2.27. The SMILES string of the molecule is COc1ccc(CCNC(N)=NCCCN2CCOCC2)cc1OC.I. The van der Waals surface area contributed by atoms with Crippen LogP contribution in [0.4, 0.5) is 0 Å². The Labute approximate surface area is 173 Å². The first-order chi connectivity index (χ1) is 12.2. The third-order valence-electron chi connectivity index (χ3n) is 4.19. The molecule has 1 aliphatic heterocycles. The van der Waals surface area contributed by atoms with Gasteiger partial charge in [-0.15, -0.1) is 24.0 Å². The lowest BCUT2D eigenvalue weighted by Crippen LogP contribution is -2.37. The van der Waals surface area contributed by atoms with Crippen molar-refractivity contribution in [1.29, 1.82) is 0 Å². The molecule has 3 N–H and O–H groups in total. The second-order valence-electron chi connectivity index (χ2n) is 5.94. The van der Waals surface area contributed by atoms with Crippen molar-refractivity contribution in [3.8, 4) is 11.5 Å². The summed E-state index contributed by atoms with van der Waals surface area (Å²) in [6.07, 6.45) is 1.85. The van der Waals surface area contributed by atoms with Gasteiger partial charge < -0.3 is 25.3 Å². The minimum atomic E-state index is 0. The van der Waals surface area contributed by atoms with Gasteiger partial charge in [0.05, 0.1) is 27.4 Å². The molecular formula is C18H31IN4O3. The summed E-state index contributed by atoms with van der Waals surface area (Å²) >= 11 is 0. The maximum Gasteiger partial charge on any atom is 0.188 e. The van der Waals surface area contributed by atoms with Gasteiger partial charge in [-0.05, 0) is 30.5 Å². The summed E-state index contributed by atoms with van der Waals surface area (Å²) in [4.78, 5) is 6.78. The summed E-state index contributed by atoms with van der Waals surface area (Å²) in [5.41, 5.74) is 7.08. The standard InChI is InChI=1S/C18H30N4O3.HI/c1-23-16-5-4-15(14-17(16)24-2)6-8-21-18(19)20-7-3-9-22-10-12-25-13-11-22;/h4-5,14H,3,6-13H2,1-2H3,(H3,19,20,21);1H. The Bertz CT molecular complexity index is 551. The quantitative estimate of drug-likeness (QED) is 0.242. The van der Waals surface area contributed by atoms with E-state index in [0.29, 0.717) is 5.96 Å². The van der Waals surface area contributed by atoms with Crippen LogP contribution < -0.4 is 20.5 Å². The minimum Gasteiger partial charge on any atom is -0.493 e. The maximum atomic E-state index is 5.92. The average molecular weight is 478 g/mol. The number of guanidine groups is 1. The van der Waals surface area contributed by atoms with Gasteiger partial charge in [0.15, 0.2) is 17.5 Å². The van der Waals surface area contributed by atoms with Gasteiger partial charge in [-0.3, -0.25) is 9.89 Å². The lowest BCUT2D eigenvalue weighted by Gasteiger charge is -2.26. The Morgan fingerprint density at radius 3 is 2.65 bits per heavy atom. The largest absolute Gasteiger partial charge is 0.493 e. The molecule has 0 saturated carbocycles. The number of nitrogens with zero attached hydrogens (tertiary/aromatic N) is 2. The molecule has 26 heavy (non-hydrogen) atoms. The van der Waals surface area contributed by atoms with Crippen LogP contribution in [0.5, 0.6) is 11.5 Å². The number of rotatable bonds is 9. The van der Waals surface area contributed by atoms with E-state index in [1.165, 1.54) is 0 Å². The molecule has 0 radical (unpaired) electrons. The number of nitrogens with one attached hydrogen (secondary N) is 1. The van der Waals surface area contributed by atoms with Crippen LogP contribution in [-0.4, -0.2) is 71.0 Å². The molecule has 2 rings (SSSR count). The molecule has 1 aromatic carbocycles. The van der Waals surface area contributed by atoms with Crippen LogP contribution >= 0.6 is 24.0 Å². The summed E-state index contributed by atoms with van der Waals surface area (Å²) in [5, 5.41) is 3.16. The molecular weight excluding hydrogens is 447 g/mol. The van der Waals surface area contributed by atoms with E-state index in [2.05, 4.69) is 15.2 Å². The van der Waals surface area contributed by atoms with Crippen LogP contribution in [0.1, 0.15) is 12.0 Å². The summed E-state index contributed by atoms with van der Waals surface area (Å²) in [7, 11) is 3.27. The molecule has 7 nitrogen and oxygen atoms in total. The molecule has 1 aliphatic rings. The van der Waals surface area contributed by atoms with Crippen LogP contribution in [0.15, 0.2) is 23.2 Å². The van der Waals surface area contributed by atoms with E-state index in [0.717, 1.165) is 75.8 Å². The van der Waals surface area contributed by atoms with Gasteiger partial charge in [-0.1, -0.05) is 6.07 Å². The van der Waals surface area contributed by atoms with Crippen molar-refractivity contribution in [3.05, 3.63) is 23.8 Å². The highest BCUT2D eigenvalue weighted by Gasteiger charge is 2.09. The van der Waals surface area contributed by atoms with Gasteiger partial charge >= 0.3 is 0 Å². The Morgan fingerprint density at radius 2 is 1.96 bits per heavy atom.